The van der Waals surface area contributed by atoms with Crippen molar-refractivity contribution in [3.05, 3.63) is 23.8 Å². The Hall–Kier alpha value is -2.22. The Bertz CT molecular complexity index is 476. The van der Waals surface area contributed by atoms with Crippen molar-refractivity contribution in [3.8, 4) is 11.8 Å². The second-order valence-electron chi connectivity index (χ2n) is 3.94. The highest BCUT2D eigenvalue weighted by Crippen LogP contribution is 2.21. The van der Waals surface area contributed by atoms with Crippen molar-refractivity contribution in [2.75, 3.05) is 32.1 Å². The van der Waals surface area contributed by atoms with Crippen molar-refractivity contribution in [1.29, 1.82) is 5.26 Å². The van der Waals surface area contributed by atoms with E-state index in [9.17, 15) is 4.79 Å². The molecule has 0 saturated heterocycles. The van der Waals surface area contributed by atoms with Crippen molar-refractivity contribution in [2.45, 2.75) is 13.8 Å². The summed E-state index contributed by atoms with van der Waals surface area (Å²) in [6.45, 7) is 5.41. The normalized spacial score (nSPS) is 9.58. The average molecular weight is 261 g/mol. The van der Waals surface area contributed by atoms with Gasteiger partial charge in [-0.2, -0.15) is 5.26 Å². The van der Waals surface area contributed by atoms with Gasteiger partial charge >= 0.3 is 0 Å². The van der Waals surface area contributed by atoms with Gasteiger partial charge in [0.25, 0.3) is 0 Å². The van der Waals surface area contributed by atoms with E-state index < -0.39 is 0 Å². The van der Waals surface area contributed by atoms with Gasteiger partial charge in [0.2, 0.25) is 5.91 Å². The van der Waals surface area contributed by atoms with Gasteiger partial charge in [-0.1, -0.05) is 0 Å². The number of hydrogen-bond acceptors (Lipinski definition) is 4. The number of nitriles is 1. The zero-order chi connectivity index (χ0) is 14.3. The monoisotopic (exact) mass is 261 g/mol. The lowest BCUT2D eigenvalue weighted by Gasteiger charge is -2.19. The minimum absolute atomic E-state index is 0.0108. The Kier molecular flexibility index (Phi) is 5.68. The fourth-order valence-electron chi connectivity index (χ4n) is 1.75. The molecular formula is C14H19N3O2. The quantitative estimate of drug-likeness (QED) is 0.848. The van der Waals surface area contributed by atoms with Crippen LogP contribution in [0.4, 0.5) is 5.69 Å². The lowest BCUT2D eigenvalue weighted by Crippen LogP contribution is -2.35. The average Bonchev–Trinajstić information content (AvgIpc) is 2.45. The number of nitrogens with zero attached hydrogens (tertiary/aromatic N) is 2. The Morgan fingerprint density at radius 1 is 1.42 bits per heavy atom. The first kappa shape index (κ1) is 14.8. The molecule has 0 aliphatic heterocycles. The van der Waals surface area contributed by atoms with Crippen LogP contribution in [0, 0.1) is 11.3 Å². The fraction of sp³-hybridized carbons (Fsp3) is 0.429. The third-order valence-corrected chi connectivity index (χ3v) is 2.89. The predicted octanol–water partition coefficient (Wildman–Crippen LogP) is 1.85. The van der Waals surface area contributed by atoms with Gasteiger partial charge in [-0.15, -0.1) is 0 Å². The van der Waals surface area contributed by atoms with Gasteiger partial charge in [0.15, 0.2) is 0 Å². The molecule has 5 nitrogen and oxygen atoms in total. The third-order valence-electron chi connectivity index (χ3n) is 2.89. The van der Waals surface area contributed by atoms with E-state index in [0.29, 0.717) is 30.1 Å². The number of likely N-dealkylation sites (N-methyl/N-ethyl adjacent to an activating group) is 1. The van der Waals surface area contributed by atoms with E-state index in [-0.39, 0.29) is 12.5 Å². The van der Waals surface area contributed by atoms with Gasteiger partial charge in [-0.25, -0.2) is 0 Å². The van der Waals surface area contributed by atoms with Crippen molar-refractivity contribution in [1.82, 2.24) is 4.90 Å². The number of anilines is 1. The summed E-state index contributed by atoms with van der Waals surface area (Å²) in [5.74, 6) is 0.661. The van der Waals surface area contributed by atoms with Crippen molar-refractivity contribution in [3.63, 3.8) is 0 Å². The van der Waals surface area contributed by atoms with E-state index in [4.69, 9.17) is 10.00 Å². The van der Waals surface area contributed by atoms with Crippen molar-refractivity contribution in [2.24, 2.45) is 0 Å². The molecule has 5 heteroatoms. The number of ether oxygens (including phenoxy) is 1. The molecule has 0 aliphatic rings. The first-order chi connectivity index (χ1) is 9.15. The minimum atomic E-state index is 0.0108. The van der Waals surface area contributed by atoms with Crippen LogP contribution < -0.4 is 10.1 Å². The molecule has 0 aliphatic carbocycles. The van der Waals surface area contributed by atoms with E-state index in [1.165, 1.54) is 0 Å². The number of benzene rings is 1. The molecule has 0 atom stereocenters. The Balaban J connectivity index is 2.77. The molecule has 19 heavy (non-hydrogen) atoms. The van der Waals surface area contributed by atoms with E-state index in [2.05, 4.69) is 11.4 Å². The molecule has 0 heterocycles. The summed E-state index contributed by atoms with van der Waals surface area (Å²) in [6, 6.07) is 7.19. The van der Waals surface area contributed by atoms with Crippen LogP contribution in [0.25, 0.3) is 0 Å². The Labute approximate surface area is 113 Å². The fourth-order valence-corrected chi connectivity index (χ4v) is 1.75. The number of nitrogens with one attached hydrogen (secondary N) is 1. The second-order valence-corrected chi connectivity index (χ2v) is 3.94. The van der Waals surface area contributed by atoms with Crippen LogP contribution in [0.15, 0.2) is 18.2 Å². The molecule has 0 spiro atoms. The molecule has 0 fully saturated rings. The number of hydrogen-bond donors (Lipinski definition) is 1. The van der Waals surface area contributed by atoms with Crippen molar-refractivity contribution < 1.29 is 9.53 Å². The molecule has 0 unspecified atom stereocenters. The van der Waals surface area contributed by atoms with Crippen LogP contribution in [0.2, 0.25) is 0 Å². The third kappa shape index (κ3) is 3.88. The molecular weight excluding hydrogens is 242 g/mol. The SMILES string of the molecule is CCN(CC)C(=O)CNc1cc(OC)ccc1C#N. The largest absolute Gasteiger partial charge is 0.497 e. The van der Waals surface area contributed by atoms with Crippen LogP contribution in [-0.2, 0) is 4.79 Å². The summed E-state index contributed by atoms with van der Waals surface area (Å²) in [5, 5.41) is 12.0. The second kappa shape index (κ2) is 7.27. The molecule has 1 amide bonds. The van der Waals surface area contributed by atoms with Gasteiger partial charge in [0.1, 0.15) is 11.8 Å². The molecule has 1 aromatic carbocycles. The topological polar surface area (TPSA) is 65.4 Å². The molecule has 1 rings (SSSR count). The number of rotatable bonds is 6. The Morgan fingerprint density at radius 3 is 2.63 bits per heavy atom. The lowest BCUT2D eigenvalue weighted by atomic mass is 10.2. The van der Waals surface area contributed by atoms with Gasteiger partial charge < -0.3 is 15.0 Å². The zero-order valence-corrected chi connectivity index (χ0v) is 11.6. The minimum Gasteiger partial charge on any atom is -0.497 e. The van der Waals surface area contributed by atoms with Gasteiger partial charge in [0, 0.05) is 19.2 Å². The summed E-state index contributed by atoms with van der Waals surface area (Å²) in [4.78, 5) is 13.6. The Morgan fingerprint density at radius 2 is 2.11 bits per heavy atom. The molecule has 0 aromatic heterocycles. The van der Waals surface area contributed by atoms with E-state index in [1.807, 2.05) is 13.8 Å². The molecule has 0 saturated carbocycles. The number of amides is 1. The number of carbonyl (C=O) groups is 1. The van der Waals surface area contributed by atoms with Crippen molar-refractivity contribution >= 4 is 11.6 Å². The summed E-state index contributed by atoms with van der Waals surface area (Å²) in [7, 11) is 1.56. The van der Waals surface area contributed by atoms with Gasteiger partial charge in [-0.3, -0.25) is 4.79 Å². The highest BCUT2D eigenvalue weighted by Gasteiger charge is 2.10. The first-order valence-electron chi connectivity index (χ1n) is 6.26. The van der Waals surface area contributed by atoms with Gasteiger partial charge in [-0.05, 0) is 26.0 Å². The van der Waals surface area contributed by atoms with Crippen LogP contribution in [0.3, 0.4) is 0 Å². The standard InChI is InChI=1S/C14H19N3O2/c1-4-17(5-2)14(18)10-16-13-8-12(19-3)7-6-11(13)9-15/h6-8,16H,4-5,10H2,1-3H3. The van der Waals surface area contributed by atoms with E-state index >= 15 is 0 Å². The van der Waals surface area contributed by atoms with E-state index in [1.54, 1.807) is 30.2 Å². The van der Waals surface area contributed by atoms with Crippen LogP contribution in [-0.4, -0.2) is 37.6 Å². The maximum absolute atomic E-state index is 11.9. The van der Waals surface area contributed by atoms with Gasteiger partial charge in [0.05, 0.1) is 24.9 Å². The smallest absolute Gasteiger partial charge is 0.241 e. The molecule has 0 bridgehead atoms. The summed E-state index contributed by atoms with van der Waals surface area (Å²) in [6.07, 6.45) is 0. The van der Waals surface area contributed by atoms with Crippen LogP contribution in [0.5, 0.6) is 5.75 Å². The summed E-state index contributed by atoms with van der Waals surface area (Å²) >= 11 is 0. The molecule has 1 aromatic rings. The molecule has 1 N–H and O–H groups in total. The van der Waals surface area contributed by atoms with Crippen LogP contribution in [0.1, 0.15) is 19.4 Å². The lowest BCUT2D eigenvalue weighted by molar-refractivity contribution is -0.128. The number of methoxy groups -OCH3 is 1. The van der Waals surface area contributed by atoms with Crippen LogP contribution >= 0.6 is 0 Å². The molecule has 102 valence electrons. The predicted molar refractivity (Wildman–Crippen MR) is 74.1 cm³/mol. The molecule has 0 radical (unpaired) electrons. The maximum atomic E-state index is 11.9. The highest BCUT2D eigenvalue weighted by atomic mass is 16.5. The number of carbonyl (C=O) groups excluding carboxylic acids is 1. The summed E-state index contributed by atoms with van der Waals surface area (Å²) < 4.78 is 5.11. The first-order valence-corrected chi connectivity index (χ1v) is 6.26. The maximum Gasteiger partial charge on any atom is 0.241 e. The summed E-state index contributed by atoms with van der Waals surface area (Å²) in [5.41, 5.74) is 1.11. The highest BCUT2D eigenvalue weighted by molar-refractivity contribution is 5.81. The van der Waals surface area contributed by atoms with E-state index in [0.717, 1.165) is 0 Å². The zero-order valence-electron chi connectivity index (χ0n) is 11.6.